The highest BCUT2D eigenvalue weighted by molar-refractivity contribution is 5.76. The monoisotopic (exact) mass is 232 g/mol. The van der Waals surface area contributed by atoms with E-state index in [1.807, 2.05) is 14.1 Å². The second kappa shape index (κ2) is 5.61. The first-order valence-corrected chi connectivity index (χ1v) is 5.38. The molecular formula is C11H24N2O3. The van der Waals surface area contributed by atoms with Crippen LogP contribution in [0.5, 0.6) is 0 Å². The predicted octanol–water partition coefficient (Wildman–Crippen LogP) is -0.000600. The topological polar surface area (TPSA) is 72.8 Å². The van der Waals surface area contributed by atoms with E-state index >= 15 is 0 Å². The van der Waals surface area contributed by atoms with Crippen LogP contribution in [0.15, 0.2) is 0 Å². The third kappa shape index (κ3) is 6.05. The summed E-state index contributed by atoms with van der Waals surface area (Å²) >= 11 is 0. The average Bonchev–Trinajstić information content (AvgIpc) is 1.99. The maximum absolute atomic E-state index is 10.7. The lowest BCUT2D eigenvalue weighted by Crippen LogP contribution is -2.48. The van der Waals surface area contributed by atoms with Crippen molar-refractivity contribution in [3.8, 4) is 0 Å². The lowest BCUT2D eigenvalue weighted by atomic mass is 9.92. The molecular weight excluding hydrogens is 208 g/mol. The average molecular weight is 232 g/mol. The first-order valence-electron chi connectivity index (χ1n) is 5.38. The van der Waals surface area contributed by atoms with Crippen LogP contribution in [-0.4, -0.2) is 60.4 Å². The van der Waals surface area contributed by atoms with E-state index in [1.165, 1.54) is 6.92 Å². The Hall–Kier alpha value is -0.650. The van der Waals surface area contributed by atoms with Crippen LogP contribution < -0.4 is 5.32 Å². The molecule has 0 aromatic rings. The van der Waals surface area contributed by atoms with Crippen LogP contribution in [0.4, 0.5) is 0 Å². The highest BCUT2D eigenvalue weighted by Crippen LogP contribution is 2.14. The molecule has 0 aliphatic carbocycles. The van der Waals surface area contributed by atoms with Crippen LogP contribution in [0.1, 0.15) is 20.8 Å². The molecule has 0 aliphatic rings. The summed E-state index contributed by atoms with van der Waals surface area (Å²) in [6.45, 7) is 7.09. The van der Waals surface area contributed by atoms with E-state index in [-0.39, 0.29) is 12.0 Å². The van der Waals surface area contributed by atoms with E-state index in [0.717, 1.165) is 6.54 Å². The highest BCUT2D eigenvalue weighted by atomic mass is 16.4. The molecule has 0 fully saturated rings. The zero-order valence-corrected chi connectivity index (χ0v) is 10.9. The lowest BCUT2D eigenvalue weighted by molar-refractivity contribution is -0.156. The van der Waals surface area contributed by atoms with E-state index in [4.69, 9.17) is 5.11 Å². The largest absolute Gasteiger partial charge is 0.479 e. The van der Waals surface area contributed by atoms with Crippen LogP contribution >= 0.6 is 0 Å². The Labute approximate surface area is 97.4 Å². The molecule has 0 spiro atoms. The van der Waals surface area contributed by atoms with Crippen molar-refractivity contribution < 1.29 is 15.0 Å². The Kier molecular flexibility index (Phi) is 5.38. The molecule has 0 aromatic heterocycles. The maximum Gasteiger partial charge on any atom is 0.336 e. The van der Waals surface area contributed by atoms with Crippen LogP contribution in [0.25, 0.3) is 0 Å². The predicted molar refractivity (Wildman–Crippen MR) is 63.5 cm³/mol. The zero-order chi connectivity index (χ0) is 13.0. The maximum atomic E-state index is 10.7. The summed E-state index contributed by atoms with van der Waals surface area (Å²) in [6.07, 6.45) is 0. The summed E-state index contributed by atoms with van der Waals surface area (Å²) in [6, 6.07) is 0. The molecule has 0 aromatic carbocycles. The third-order valence-electron chi connectivity index (χ3n) is 2.28. The van der Waals surface area contributed by atoms with Gasteiger partial charge in [0.25, 0.3) is 0 Å². The normalized spacial score (nSPS) is 16.2. The SMILES string of the molecule is CN(C)CC(C)(C)CNCC(C)(O)C(=O)O. The molecule has 3 N–H and O–H groups in total. The molecule has 0 rings (SSSR count). The zero-order valence-electron chi connectivity index (χ0n) is 10.9. The van der Waals surface area contributed by atoms with Crippen molar-refractivity contribution in [1.82, 2.24) is 10.2 Å². The molecule has 0 saturated carbocycles. The summed E-state index contributed by atoms with van der Waals surface area (Å²) in [5.41, 5.74) is -1.66. The van der Waals surface area contributed by atoms with Gasteiger partial charge in [-0.2, -0.15) is 0 Å². The van der Waals surface area contributed by atoms with E-state index in [9.17, 15) is 9.90 Å². The van der Waals surface area contributed by atoms with Gasteiger partial charge in [0, 0.05) is 19.6 Å². The smallest absolute Gasteiger partial charge is 0.336 e. The number of aliphatic hydroxyl groups is 1. The standard InChI is InChI=1S/C11H24N2O3/c1-10(2,8-13(4)5)6-12-7-11(3,16)9(14)15/h12,16H,6-8H2,1-5H3,(H,14,15). The number of rotatable bonds is 7. The fraction of sp³-hybridized carbons (Fsp3) is 0.909. The van der Waals surface area contributed by atoms with Crippen LogP contribution in [0, 0.1) is 5.41 Å². The van der Waals surface area contributed by atoms with Gasteiger partial charge in [0.05, 0.1) is 0 Å². The molecule has 0 saturated heterocycles. The number of carboxylic acids is 1. The Morgan fingerprint density at radius 3 is 2.12 bits per heavy atom. The van der Waals surface area contributed by atoms with Gasteiger partial charge >= 0.3 is 5.97 Å². The Morgan fingerprint density at radius 2 is 1.75 bits per heavy atom. The summed E-state index contributed by atoms with van der Waals surface area (Å²) in [5.74, 6) is -1.20. The molecule has 0 aliphatic heterocycles. The minimum absolute atomic E-state index is 0.0398. The van der Waals surface area contributed by atoms with Crippen molar-refractivity contribution in [2.45, 2.75) is 26.4 Å². The summed E-state index contributed by atoms with van der Waals surface area (Å²) in [7, 11) is 3.99. The number of carboxylic acid groups (broad SMARTS) is 1. The molecule has 1 atom stereocenters. The van der Waals surface area contributed by atoms with Gasteiger partial charge in [-0.1, -0.05) is 13.8 Å². The van der Waals surface area contributed by atoms with Gasteiger partial charge in [-0.15, -0.1) is 0 Å². The van der Waals surface area contributed by atoms with Crippen LogP contribution in [0.3, 0.4) is 0 Å². The molecule has 0 amide bonds. The minimum Gasteiger partial charge on any atom is -0.479 e. The minimum atomic E-state index is -1.70. The summed E-state index contributed by atoms with van der Waals surface area (Å²) < 4.78 is 0. The molecule has 0 radical (unpaired) electrons. The quantitative estimate of drug-likeness (QED) is 0.576. The van der Waals surface area contributed by atoms with Crippen molar-refractivity contribution in [1.29, 1.82) is 0 Å². The fourth-order valence-corrected chi connectivity index (χ4v) is 1.63. The molecule has 1 unspecified atom stereocenters. The Morgan fingerprint density at radius 1 is 1.25 bits per heavy atom. The Balaban J connectivity index is 4.02. The molecule has 5 heteroatoms. The number of aliphatic carboxylic acids is 1. The number of carbonyl (C=O) groups is 1. The molecule has 0 bridgehead atoms. The number of hydrogen-bond donors (Lipinski definition) is 3. The number of nitrogens with one attached hydrogen (secondary N) is 1. The van der Waals surface area contributed by atoms with Crippen molar-refractivity contribution >= 4 is 5.97 Å². The lowest BCUT2D eigenvalue weighted by Gasteiger charge is -2.30. The molecule has 0 heterocycles. The first kappa shape index (κ1) is 15.3. The van der Waals surface area contributed by atoms with Crippen LogP contribution in [-0.2, 0) is 4.79 Å². The second-order valence-corrected chi connectivity index (χ2v) is 5.58. The van der Waals surface area contributed by atoms with Crippen molar-refractivity contribution in [3.63, 3.8) is 0 Å². The Bertz CT molecular complexity index is 237. The fourth-order valence-electron chi connectivity index (χ4n) is 1.63. The van der Waals surface area contributed by atoms with Gasteiger partial charge in [-0.25, -0.2) is 4.79 Å². The van der Waals surface area contributed by atoms with Gasteiger partial charge < -0.3 is 20.4 Å². The van der Waals surface area contributed by atoms with E-state index < -0.39 is 11.6 Å². The molecule has 96 valence electrons. The van der Waals surface area contributed by atoms with Crippen molar-refractivity contribution in [3.05, 3.63) is 0 Å². The van der Waals surface area contributed by atoms with E-state index in [0.29, 0.717) is 6.54 Å². The summed E-state index contributed by atoms with van der Waals surface area (Å²) in [5, 5.41) is 21.2. The van der Waals surface area contributed by atoms with E-state index in [1.54, 1.807) is 0 Å². The highest BCUT2D eigenvalue weighted by Gasteiger charge is 2.30. The van der Waals surface area contributed by atoms with Crippen molar-refractivity contribution in [2.24, 2.45) is 5.41 Å². The van der Waals surface area contributed by atoms with Gasteiger partial charge in [-0.05, 0) is 26.4 Å². The second-order valence-electron chi connectivity index (χ2n) is 5.58. The van der Waals surface area contributed by atoms with Gasteiger partial charge in [-0.3, -0.25) is 0 Å². The van der Waals surface area contributed by atoms with Crippen LogP contribution in [0.2, 0.25) is 0 Å². The third-order valence-corrected chi connectivity index (χ3v) is 2.28. The van der Waals surface area contributed by atoms with E-state index in [2.05, 4.69) is 24.1 Å². The number of hydrogen-bond acceptors (Lipinski definition) is 4. The van der Waals surface area contributed by atoms with Crippen molar-refractivity contribution in [2.75, 3.05) is 33.7 Å². The molecule has 5 nitrogen and oxygen atoms in total. The number of nitrogens with zero attached hydrogens (tertiary/aromatic N) is 1. The summed E-state index contributed by atoms with van der Waals surface area (Å²) in [4.78, 5) is 12.7. The van der Waals surface area contributed by atoms with Gasteiger partial charge in [0.2, 0.25) is 0 Å². The first-order chi connectivity index (χ1) is 7.07. The van der Waals surface area contributed by atoms with Gasteiger partial charge in [0.1, 0.15) is 0 Å². The van der Waals surface area contributed by atoms with Gasteiger partial charge in [0.15, 0.2) is 5.60 Å². The molecule has 16 heavy (non-hydrogen) atoms.